The van der Waals surface area contributed by atoms with Crippen molar-refractivity contribution in [2.24, 2.45) is 15.7 Å². The molecule has 0 radical (unpaired) electrons. The maximum Gasteiger partial charge on any atom is 0.412 e. The summed E-state index contributed by atoms with van der Waals surface area (Å²) >= 11 is 1.75. The van der Waals surface area contributed by atoms with Crippen LogP contribution in [-0.4, -0.2) is 106 Å². The molecule has 1 amide bonds. The minimum Gasteiger partial charge on any atom is -0.491 e. The number of nitrogens with two attached hydrogens (primary N) is 1. The summed E-state index contributed by atoms with van der Waals surface area (Å²) in [5.74, 6) is 2.60. The van der Waals surface area contributed by atoms with Crippen molar-refractivity contribution < 1.29 is 28.6 Å². The Morgan fingerprint density at radius 3 is 2.45 bits per heavy atom. The normalized spacial score (nSPS) is 12.1. The number of hydrogen-bond acceptors (Lipinski definition) is 14. The van der Waals surface area contributed by atoms with Crippen LogP contribution in [0.3, 0.4) is 0 Å². The van der Waals surface area contributed by atoms with E-state index in [1.165, 1.54) is 12.4 Å². The molecule has 0 atom stereocenters. The maximum absolute atomic E-state index is 12.0. The van der Waals surface area contributed by atoms with Gasteiger partial charge in [-0.25, -0.2) is 9.78 Å². The summed E-state index contributed by atoms with van der Waals surface area (Å²) in [6, 6.07) is 6.84. The van der Waals surface area contributed by atoms with E-state index in [4.69, 9.17) is 24.9 Å². The summed E-state index contributed by atoms with van der Waals surface area (Å²) in [5.41, 5.74) is 8.75. The van der Waals surface area contributed by atoms with Crippen LogP contribution < -0.4 is 36.1 Å². The number of ether oxygens (including phenoxy) is 3. The number of fused-ring (bicyclic) bond motifs is 1. The van der Waals surface area contributed by atoms with Gasteiger partial charge in [-0.15, -0.1) is 0 Å². The number of rotatable bonds is 23. The van der Waals surface area contributed by atoms with Crippen molar-refractivity contribution in [3.63, 3.8) is 0 Å². The highest BCUT2D eigenvalue weighted by molar-refractivity contribution is 7.98. The van der Waals surface area contributed by atoms with Gasteiger partial charge in [-0.05, 0) is 83.3 Å². The molecule has 55 heavy (non-hydrogen) atoms. The third-order valence-corrected chi connectivity index (χ3v) is 8.23. The predicted octanol–water partition coefficient (Wildman–Crippen LogP) is 5.74. The number of alkyl carbamates (subject to hydrolysis) is 1. The van der Waals surface area contributed by atoms with Gasteiger partial charge < -0.3 is 40.0 Å². The third kappa shape index (κ3) is 13.6. The molecule has 5 N–H and O–H groups in total. The molecule has 0 saturated heterocycles. The second kappa shape index (κ2) is 22.6. The van der Waals surface area contributed by atoms with Crippen LogP contribution in [0.25, 0.3) is 11.0 Å². The fraction of sp³-hybridized carbons (Fsp3) is 0.385. The lowest BCUT2D eigenvalue weighted by atomic mass is 10.1. The molecule has 0 saturated carbocycles. The van der Waals surface area contributed by atoms with Gasteiger partial charge in [0.05, 0.1) is 36.7 Å². The molecule has 0 fully saturated rings. The van der Waals surface area contributed by atoms with Crippen LogP contribution in [0.2, 0.25) is 0 Å². The van der Waals surface area contributed by atoms with E-state index in [1.54, 1.807) is 76.0 Å². The van der Waals surface area contributed by atoms with Gasteiger partial charge in [0, 0.05) is 43.7 Å². The van der Waals surface area contributed by atoms with Crippen molar-refractivity contribution >= 4 is 71.7 Å². The number of carbonyl (C=O) groups is 3. The second-order valence-corrected chi connectivity index (χ2v) is 13.9. The van der Waals surface area contributed by atoms with Crippen molar-refractivity contribution in [1.82, 2.24) is 20.2 Å². The number of aromatic nitrogens is 2. The van der Waals surface area contributed by atoms with Crippen LogP contribution in [-0.2, 0) is 11.3 Å². The molecule has 3 aromatic rings. The number of hydrogen-bond donors (Lipinski definition) is 4. The Morgan fingerprint density at radius 2 is 1.80 bits per heavy atom. The molecule has 2 aromatic carbocycles. The molecular weight excluding hydrogens is 723 g/mol. The lowest BCUT2D eigenvalue weighted by Crippen LogP contribution is -2.33. The Kier molecular flexibility index (Phi) is 18.0. The number of anilines is 2. The van der Waals surface area contributed by atoms with Gasteiger partial charge >= 0.3 is 6.09 Å². The van der Waals surface area contributed by atoms with E-state index in [0.717, 1.165) is 30.4 Å². The fourth-order valence-electron chi connectivity index (χ4n) is 5.25. The minimum atomic E-state index is -0.646. The van der Waals surface area contributed by atoms with Gasteiger partial charge in [-0.2, -0.15) is 11.8 Å². The van der Waals surface area contributed by atoms with E-state index in [1.807, 2.05) is 30.0 Å². The third-order valence-electron chi connectivity index (χ3n) is 7.54. The van der Waals surface area contributed by atoms with Gasteiger partial charge in [0.25, 0.3) is 0 Å². The highest BCUT2D eigenvalue weighted by Crippen LogP contribution is 2.39. The molecule has 0 aliphatic rings. The number of nitrogens with zero attached hydrogens (tertiary/aromatic N) is 5. The van der Waals surface area contributed by atoms with Crippen LogP contribution >= 0.6 is 11.8 Å². The van der Waals surface area contributed by atoms with Crippen molar-refractivity contribution in [1.29, 1.82) is 0 Å². The van der Waals surface area contributed by atoms with E-state index in [9.17, 15) is 14.4 Å². The number of aliphatic imine (C=N–C) groups is 2. The summed E-state index contributed by atoms with van der Waals surface area (Å²) in [5, 5.41) is 8.90. The molecule has 0 bridgehead atoms. The Balaban J connectivity index is 1.79. The number of allylic oxidation sites excluding steroid dienone is 2. The minimum absolute atomic E-state index is 0.196. The summed E-state index contributed by atoms with van der Waals surface area (Å²) in [6.07, 6.45) is 14.1. The number of imidazole rings is 1. The van der Waals surface area contributed by atoms with Crippen LogP contribution in [0.5, 0.6) is 11.5 Å². The fourth-order valence-corrected chi connectivity index (χ4v) is 5.66. The van der Waals surface area contributed by atoms with Crippen LogP contribution in [0.4, 0.5) is 22.1 Å². The van der Waals surface area contributed by atoms with Crippen molar-refractivity contribution in [3.8, 4) is 11.5 Å². The maximum atomic E-state index is 12.0. The number of benzene rings is 2. The molecule has 0 aliphatic carbocycles. The Labute approximate surface area is 327 Å². The van der Waals surface area contributed by atoms with Crippen LogP contribution in [0, 0.1) is 0 Å². The summed E-state index contributed by atoms with van der Waals surface area (Å²) in [6.45, 7) is 11.4. The SMILES string of the molecule is C=Nc1cc(C=O)cc(OCCCSC)c1N(C/C=C/Cn1c(NC)nc2cc(C=O)cc(OC/C=C/CN=C/C(=C\N)NC(=O)OC(C)(C)C)c21)CNC. The van der Waals surface area contributed by atoms with Gasteiger partial charge in [-0.3, -0.25) is 24.9 Å². The topological polar surface area (TPSA) is 187 Å². The van der Waals surface area contributed by atoms with Gasteiger partial charge in [-0.1, -0.05) is 18.2 Å². The first-order valence-electron chi connectivity index (χ1n) is 17.6. The summed E-state index contributed by atoms with van der Waals surface area (Å²) in [7, 11) is 3.63. The number of amides is 1. The first kappa shape index (κ1) is 43.8. The van der Waals surface area contributed by atoms with Crippen LogP contribution in [0.15, 0.2) is 70.5 Å². The van der Waals surface area contributed by atoms with Crippen molar-refractivity contribution in [2.75, 3.05) is 69.3 Å². The largest absolute Gasteiger partial charge is 0.491 e. The second-order valence-electron chi connectivity index (χ2n) is 12.9. The highest BCUT2D eigenvalue weighted by atomic mass is 32.2. The molecular formula is C39H53N9O6S. The average Bonchev–Trinajstić information content (AvgIpc) is 3.53. The first-order chi connectivity index (χ1) is 26.5. The van der Waals surface area contributed by atoms with Gasteiger partial charge in [0.15, 0.2) is 0 Å². The smallest absolute Gasteiger partial charge is 0.412 e. The number of carbonyl (C=O) groups excluding carboxylic acids is 3. The first-order valence-corrected chi connectivity index (χ1v) is 19.0. The van der Waals surface area contributed by atoms with E-state index < -0.39 is 11.7 Å². The lowest BCUT2D eigenvalue weighted by Gasteiger charge is -2.27. The average molecular weight is 776 g/mol. The highest BCUT2D eigenvalue weighted by Gasteiger charge is 2.19. The predicted molar refractivity (Wildman–Crippen MR) is 224 cm³/mol. The molecule has 296 valence electrons. The standard InChI is InChI=1S/C39H53N9O6S/c1-39(2,3)54-38(51)45-30(23-40)24-44-13-8-11-16-52-34-22-29(26-50)20-32-36(34)48(37(43-6)46-32)15-10-9-14-47(27-41-4)35-31(42-5)19-28(25-49)21-33(35)53-17-12-18-55-7/h8-11,19-26,41H,5,12-18,27,40H2,1-4,6-7H3,(H,43,46)(H,45,51)/b10-9+,11-8+,30-23+,44-24?. The van der Waals surface area contributed by atoms with Gasteiger partial charge in [0.2, 0.25) is 5.95 Å². The Hall–Kier alpha value is -5.61. The Bertz CT molecular complexity index is 1880. The zero-order valence-corrected chi connectivity index (χ0v) is 33.3. The number of aldehydes is 2. The van der Waals surface area contributed by atoms with Crippen molar-refractivity contribution in [2.45, 2.75) is 39.3 Å². The van der Waals surface area contributed by atoms with E-state index in [2.05, 4.69) is 37.6 Å². The number of nitrogens with one attached hydrogen (secondary N) is 3. The number of thioether (sulfide) groups is 1. The molecule has 0 unspecified atom stereocenters. The molecule has 1 aromatic heterocycles. The molecule has 0 spiro atoms. The monoisotopic (exact) mass is 775 g/mol. The molecule has 1 heterocycles. The Morgan fingerprint density at radius 1 is 1.05 bits per heavy atom. The molecule has 3 rings (SSSR count). The summed E-state index contributed by atoms with van der Waals surface area (Å²) < 4.78 is 19.5. The quantitative estimate of drug-likeness (QED) is 0.0302. The zero-order valence-electron chi connectivity index (χ0n) is 32.5. The molecule has 16 heteroatoms. The molecule has 0 aliphatic heterocycles. The van der Waals surface area contributed by atoms with E-state index >= 15 is 0 Å². The zero-order chi connectivity index (χ0) is 40.2. The van der Waals surface area contributed by atoms with Gasteiger partial charge in [0.1, 0.15) is 47.5 Å². The van der Waals surface area contributed by atoms with E-state index in [0.29, 0.717) is 83.9 Å². The van der Waals surface area contributed by atoms with Crippen LogP contribution in [0.1, 0.15) is 47.9 Å². The van der Waals surface area contributed by atoms with E-state index in [-0.39, 0.29) is 6.61 Å². The van der Waals surface area contributed by atoms with Crippen molar-refractivity contribution in [3.05, 3.63) is 71.6 Å². The summed E-state index contributed by atoms with van der Waals surface area (Å²) in [4.78, 5) is 50.8. The lowest BCUT2D eigenvalue weighted by molar-refractivity contribution is 0.0549. The molecule has 15 nitrogen and oxygen atoms in total.